The number of halogens is 2. The summed E-state index contributed by atoms with van der Waals surface area (Å²) in [5.41, 5.74) is 1.88. The highest BCUT2D eigenvalue weighted by atomic mass is 79.9. The molecule has 0 aromatic heterocycles. The van der Waals surface area contributed by atoms with Crippen molar-refractivity contribution in [1.29, 1.82) is 0 Å². The number of benzene rings is 3. The lowest BCUT2D eigenvalue weighted by atomic mass is 10.1. The summed E-state index contributed by atoms with van der Waals surface area (Å²) in [5, 5.41) is 3.42. The van der Waals surface area contributed by atoms with Gasteiger partial charge in [0.15, 0.2) is 0 Å². The van der Waals surface area contributed by atoms with E-state index < -0.39 is 28.5 Å². The maximum absolute atomic E-state index is 14.1. The quantitative estimate of drug-likeness (QED) is 0.249. The summed E-state index contributed by atoms with van der Waals surface area (Å²) in [6.45, 7) is 7.08. The highest BCUT2D eigenvalue weighted by Gasteiger charge is 2.34. The number of hydrogen-bond donors (Lipinski definition) is 1. The third-order valence-electron chi connectivity index (χ3n) is 6.67. The maximum atomic E-state index is 14.1. The van der Waals surface area contributed by atoms with E-state index in [0.29, 0.717) is 27.2 Å². The molecule has 0 unspecified atom stereocenters. The Hall–Kier alpha value is -2.88. The van der Waals surface area contributed by atoms with Gasteiger partial charge in [-0.05, 0) is 68.7 Å². The SMILES string of the molecule is CC[C@@H](C)NC(=O)[C@@H](CC)N(Cc1ccccc1Cl)C(=O)CN(c1cccc(Br)c1)S(=O)(=O)c1ccc(C)cc1. The number of amides is 2. The topological polar surface area (TPSA) is 86.8 Å². The molecule has 3 aromatic carbocycles. The standard InChI is InChI=1S/C30H35BrClN3O4S/c1-5-22(4)33-30(37)28(6-2)34(19-23-10-7-8-13-27(23)32)29(36)20-35(25-12-9-11-24(31)18-25)40(38,39)26-16-14-21(3)15-17-26/h7-18,22,28H,5-6,19-20H2,1-4H3,(H,33,37)/t22-,28-/m1/s1. The molecule has 214 valence electrons. The first-order valence-corrected chi connectivity index (χ1v) is 15.8. The lowest BCUT2D eigenvalue weighted by molar-refractivity contribution is -0.140. The normalized spacial score (nSPS) is 12.8. The Bertz CT molecular complexity index is 1430. The molecule has 0 heterocycles. The summed E-state index contributed by atoms with van der Waals surface area (Å²) in [7, 11) is -4.13. The highest BCUT2D eigenvalue weighted by Crippen LogP contribution is 2.28. The number of aryl methyl sites for hydroxylation is 1. The molecule has 7 nitrogen and oxygen atoms in total. The van der Waals surface area contributed by atoms with Crippen molar-refractivity contribution in [2.45, 2.75) is 64.1 Å². The third kappa shape index (κ3) is 7.86. The molecule has 0 bridgehead atoms. The number of carbonyl (C=O) groups excluding carboxylic acids is 2. The number of nitrogens with zero attached hydrogens (tertiary/aromatic N) is 2. The molecule has 0 aliphatic carbocycles. The van der Waals surface area contributed by atoms with E-state index in [0.717, 1.165) is 16.3 Å². The summed E-state index contributed by atoms with van der Waals surface area (Å²) in [4.78, 5) is 28.9. The Kier molecular flexibility index (Phi) is 11.2. The maximum Gasteiger partial charge on any atom is 0.264 e. The van der Waals surface area contributed by atoms with Gasteiger partial charge in [0.2, 0.25) is 11.8 Å². The number of nitrogens with one attached hydrogen (secondary N) is 1. The van der Waals surface area contributed by atoms with Crippen LogP contribution in [0.4, 0.5) is 5.69 Å². The summed E-state index contributed by atoms with van der Waals surface area (Å²) in [6, 6.07) is 19.4. The molecule has 0 fully saturated rings. The van der Waals surface area contributed by atoms with E-state index in [4.69, 9.17) is 11.6 Å². The minimum Gasteiger partial charge on any atom is -0.352 e. The van der Waals surface area contributed by atoms with Crippen LogP contribution in [0, 0.1) is 6.92 Å². The van der Waals surface area contributed by atoms with Crippen LogP contribution in [0.15, 0.2) is 82.2 Å². The molecule has 2 amide bonds. The fourth-order valence-corrected chi connectivity index (χ4v) is 6.16. The van der Waals surface area contributed by atoms with Crippen LogP contribution in [0.2, 0.25) is 5.02 Å². The molecule has 3 rings (SSSR count). The van der Waals surface area contributed by atoms with Crippen molar-refractivity contribution in [2.24, 2.45) is 0 Å². The van der Waals surface area contributed by atoms with E-state index in [1.165, 1.54) is 17.0 Å². The lowest BCUT2D eigenvalue weighted by Gasteiger charge is -2.34. The Labute approximate surface area is 250 Å². The van der Waals surface area contributed by atoms with Crippen molar-refractivity contribution in [3.63, 3.8) is 0 Å². The Balaban J connectivity index is 2.07. The summed E-state index contributed by atoms with van der Waals surface area (Å²) in [6.07, 6.45) is 1.06. The van der Waals surface area contributed by atoms with Crippen LogP contribution in [0.25, 0.3) is 0 Å². The number of carbonyl (C=O) groups is 2. The van der Waals surface area contributed by atoms with Crippen LogP contribution >= 0.6 is 27.5 Å². The van der Waals surface area contributed by atoms with Gasteiger partial charge in [0.1, 0.15) is 12.6 Å². The predicted octanol–water partition coefficient (Wildman–Crippen LogP) is 6.33. The van der Waals surface area contributed by atoms with Crippen molar-refractivity contribution in [3.05, 3.63) is 93.4 Å². The zero-order chi connectivity index (χ0) is 29.4. The Morgan fingerprint density at radius 3 is 2.25 bits per heavy atom. The first-order valence-electron chi connectivity index (χ1n) is 13.2. The van der Waals surface area contributed by atoms with Gasteiger partial charge in [-0.25, -0.2) is 8.42 Å². The lowest BCUT2D eigenvalue weighted by Crippen LogP contribution is -2.53. The Morgan fingerprint density at radius 1 is 0.975 bits per heavy atom. The minimum absolute atomic E-state index is 0.0435. The fourth-order valence-electron chi connectivity index (χ4n) is 4.17. The molecule has 2 atom stereocenters. The van der Waals surface area contributed by atoms with Gasteiger partial charge in [-0.1, -0.05) is 83.3 Å². The van der Waals surface area contributed by atoms with E-state index in [2.05, 4.69) is 21.2 Å². The second-order valence-corrected chi connectivity index (χ2v) is 12.8. The van der Waals surface area contributed by atoms with E-state index in [1.807, 2.05) is 27.7 Å². The zero-order valence-electron chi connectivity index (χ0n) is 23.1. The Morgan fingerprint density at radius 2 is 1.65 bits per heavy atom. The first-order chi connectivity index (χ1) is 19.0. The number of hydrogen-bond acceptors (Lipinski definition) is 4. The monoisotopic (exact) mass is 647 g/mol. The van der Waals surface area contributed by atoms with Crippen molar-refractivity contribution >= 4 is 55.1 Å². The molecule has 0 spiro atoms. The number of anilines is 1. The molecular formula is C30H35BrClN3O4S. The number of sulfonamides is 1. The molecule has 10 heteroatoms. The second kappa shape index (κ2) is 14.1. The first kappa shape index (κ1) is 31.6. The second-order valence-electron chi connectivity index (χ2n) is 9.66. The third-order valence-corrected chi connectivity index (χ3v) is 9.32. The molecule has 40 heavy (non-hydrogen) atoms. The summed E-state index contributed by atoms with van der Waals surface area (Å²) in [5.74, 6) is -0.825. The summed E-state index contributed by atoms with van der Waals surface area (Å²) >= 11 is 9.85. The molecular weight excluding hydrogens is 614 g/mol. The highest BCUT2D eigenvalue weighted by molar-refractivity contribution is 9.10. The van der Waals surface area contributed by atoms with Gasteiger partial charge in [-0.15, -0.1) is 0 Å². The van der Waals surface area contributed by atoms with Crippen LogP contribution < -0.4 is 9.62 Å². The van der Waals surface area contributed by atoms with E-state index >= 15 is 0 Å². The van der Waals surface area contributed by atoms with Crippen LogP contribution in [0.3, 0.4) is 0 Å². The van der Waals surface area contributed by atoms with E-state index in [-0.39, 0.29) is 23.4 Å². The predicted molar refractivity (Wildman–Crippen MR) is 164 cm³/mol. The van der Waals surface area contributed by atoms with Crippen LogP contribution in [0.5, 0.6) is 0 Å². The van der Waals surface area contributed by atoms with Crippen molar-refractivity contribution in [3.8, 4) is 0 Å². The molecule has 0 saturated carbocycles. The largest absolute Gasteiger partial charge is 0.352 e. The van der Waals surface area contributed by atoms with Crippen molar-refractivity contribution in [1.82, 2.24) is 10.2 Å². The smallest absolute Gasteiger partial charge is 0.264 e. The van der Waals surface area contributed by atoms with Gasteiger partial charge in [0, 0.05) is 22.1 Å². The summed E-state index contributed by atoms with van der Waals surface area (Å²) < 4.78 is 29.6. The average molecular weight is 649 g/mol. The van der Waals surface area contributed by atoms with Crippen molar-refractivity contribution in [2.75, 3.05) is 10.8 Å². The molecule has 0 radical (unpaired) electrons. The van der Waals surface area contributed by atoms with Gasteiger partial charge in [-0.2, -0.15) is 0 Å². The van der Waals surface area contributed by atoms with E-state index in [1.54, 1.807) is 60.7 Å². The van der Waals surface area contributed by atoms with Gasteiger partial charge < -0.3 is 10.2 Å². The number of rotatable bonds is 12. The molecule has 0 aliphatic heterocycles. The van der Waals surface area contributed by atoms with Gasteiger partial charge >= 0.3 is 0 Å². The van der Waals surface area contributed by atoms with Gasteiger partial charge in [0.05, 0.1) is 10.6 Å². The average Bonchev–Trinajstić information content (AvgIpc) is 2.92. The molecule has 0 aliphatic rings. The molecule has 0 saturated heterocycles. The van der Waals surface area contributed by atoms with Gasteiger partial charge in [-0.3, -0.25) is 13.9 Å². The minimum atomic E-state index is -4.13. The molecule has 3 aromatic rings. The zero-order valence-corrected chi connectivity index (χ0v) is 26.3. The molecule has 1 N–H and O–H groups in total. The van der Waals surface area contributed by atoms with E-state index in [9.17, 15) is 18.0 Å². The van der Waals surface area contributed by atoms with Crippen LogP contribution in [0.1, 0.15) is 44.7 Å². The van der Waals surface area contributed by atoms with Gasteiger partial charge in [0.25, 0.3) is 10.0 Å². The van der Waals surface area contributed by atoms with Crippen molar-refractivity contribution < 1.29 is 18.0 Å². The van der Waals surface area contributed by atoms with Crippen LogP contribution in [-0.2, 0) is 26.2 Å². The fraction of sp³-hybridized carbons (Fsp3) is 0.333. The van der Waals surface area contributed by atoms with Crippen LogP contribution in [-0.4, -0.2) is 43.8 Å².